The second-order valence-electron chi connectivity index (χ2n) is 7.93. The van der Waals surface area contributed by atoms with Gasteiger partial charge in [-0.15, -0.1) is 0 Å². The molecule has 0 fully saturated rings. The number of aryl methyl sites for hydroxylation is 3. The van der Waals surface area contributed by atoms with Gasteiger partial charge in [0, 0.05) is 11.4 Å². The highest BCUT2D eigenvalue weighted by molar-refractivity contribution is 5.87. The van der Waals surface area contributed by atoms with Crippen molar-refractivity contribution in [1.29, 1.82) is 0 Å². The summed E-state index contributed by atoms with van der Waals surface area (Å²) in [5.41, 5.74) is 3.60. The van der Waals surface area contributed by atoms with E-state index in [1.807, 2.05) is 67.6 Å². The van der Waals surface area contributed by atoms with E-state index in [0.29, 0.717) is 11.3 Å². The lowest BCUT2D eigenvalue weighted by molar-refractivity contribution is -0.122. The molecule has 0 saturated carbocycles. The molecule has 0 spiro atoms. The number of hydrogen-bond acceptors (Lipinski definition) is 3. The van der Waals surface area contributed by atoms with Crippen LogP contribution in [-0.4, -0.2) is 26.1 Å². The van der Waals surface area contributed by atoms with E-state index in [1.165, 1.54) is 10.2 Å². The average Bonchev–Trinajstić information content (AvgIpc) is 3.10. The van der Waals surface area contributed by atoms with Gasteiger partial charge in [0.05, 0.1) is 5.52 Å². The molecule has 2 aromatic heterocycles. The summed E-state index contributed by atoms with van der Waals surface area (Å²) >= 11 is 0. The summed E-state index contributed by atoms with van der Waals surface area (Å²) in [7, 11) is 0. The Balaban J connectivity index is 1.50. The summed E-state index contributed by atoms with van der Waals surface area (Å²) in [6.45, 7) is 5.76. The maximum atomic E-state index is 13.0. The minimum atomic E-state index is -0.262. The smallest absolute Gasteiger partial charge is 0.291 e. The minimum Gasteiger partial charge on any atom is -0.352 e. The van der Waals surface area contributed by atoms with Crippen LogP contribution < -0.4 is 10.9 Å². The summed E-state index contributed by atoms with van der Waals surface area (Å²) in [5, 5.41) is 8.37. The SMILES string of the molecule is Cc1ccc2c(c1)cc1c(=O)n(CC(=O)NC(C)CCc3ccccc3)nc(C)n12. The molecule has 1 unspecified atom stereocenters. The van der Waals surface area contributed by atoms with Crippen LogP contribution in [0.3, 0.4) is 0 Å². The predicted octanol–water partition coefficient (Wildman–Crippen LogP) is 3.40. The van der Waals surface area contributed by atoms with Crippen LogP contribution in [-0.2, 0) is 17.8 Å². The van der Waals surface area contributed by atoms with Gasteiger partial charge in [0.25, 0.3) is 5.56 Å². The molecule has 30 heavy (non-hydrogen) atoms. The molecule has 2 aromatic carbocycles. The largest absolute Gasteiger partial charge is 0.352 e. The zero-order valence-corrected chi connectivity index (χ0v) is 17.6. The third kappa shape index (κ3) is 3.99. The highest BCUT2D eigenvalue weighted by atomic mass is 16.2. The van der Waals surface area contributed by atoms with Crippen molar-refractivity contribution >= 4 is 22.3 Å². The third-order valence-electron chi connectivity index (χ3n) is 5.41. The molecule has 0 aliphatic carbocycles. The van der Waals surface area contributed by atoms with Crippen LogP contribution in [0.4, 0.5) is 0 Å². The Morgan fingerprint density at radius 1 is 1.07 bits per heavy atom. The summed E-state index contributed by atoms with van der Waals surface area (Å²) in [4.78, 5) is 25.5. The number of nitrogens with one attached hydrogen (secondary N) is 1. The lowest BCUT2D eigenvalue weighted by atomic mass is 10.1. The van der Waals surface area contributed by atoms with E-state index in [9.17, 15) is 9.59 Å². The van der Waals surface area contributed by atoms with Crippen LogP contribution in [0, 0.1) is 13.8 Å². The first-order chi connectivity index (χ1) is 14.4. The minimum absolute atomic E-state index is 0.0112. The lowest BCUT2D eigenvalue weighted by Gasteiger charge is -2.15. The molecule has 154 valence electrons. The lowest BCUT2D eigenvalue weighted by Crippen LogP contribution is -2.39. The quantitative estimate of drug-likeness (QED) is 0.537. The van der Waals surface area contributed by atoms with Crippen molar-refractivity contribution in [3.8, 4) is 0 Å². The molecule has 2 heterocycles. The Labute approximate surface area is 175 Å². The van der Waals surface area contributed by atoms with Crippen molar-refractivity contribution in [2.75, 3.05) is 0 Å². The van der Waals surface area contributed by atoms with Crippen LogP contribution in [0.1, 0.15) is 30.3 Å². The van der Waals surface area contributed by atoms with Gasteiger partial charge in [-0.1, -0.05) is 42.0 Å². The molecule has 1 N–H and O–H groups in total. The molecular weight excluding hydrogens is 376 g/mol. The van der Waals surface area contributed by atoms with Crippen LogP contribution in [0.25, 0.3) is 16.4 Å². The first-order valence-electron chi connectivity index (χ1n) is 10.2. The second-order valence-corrected chi connectivity index (χ2v) is 7.93. The molecule has 0 saturated heterocycles. The zero-order chi connectivity index (χ0) is 21.3. The van der Waals surface area contributed by atoms with Crippen molar-refractivity contribution in [3.63, 3.8) is 0 Å². The van der Waals surface area contributed by atoms with E-state index >= 15 is 0 Å². The first kappa shape index (κ1) is 19.9. The molecule has 4 aromatic rings. The van der Waals surface area contributed by atoms with Gasteiger partial charge in [-0.2, -0.15) is 5.10 Å². The van der Waals surface area contributed by atoms with Crippen molar-refractivity contribution in [2.24, 2.45) is 0 Å². The van der Waals surface area contributed by atoms with Gasteiger partial charge in [-0.3, -0.25) is 14.0 Å². The Hall–Kier alpha value is -3.41. The van der Waals surface area contributed by atoms with Crippen LogP contribution in [0.5, 0.6) is 0 Å². The Bertz CT molecular complexity index is 1270. The monoisotopic (exact) mass is 402 g/mol. The number of fused-ring (bicyclic) bond motifs is 3. The van der Waals surface area contributed by atoms with Crippen molar-refractivity contribution in [3.05, 3.63) is 81.9 Å². The van der Waals surface area contributed by atoms with E-state index in [-0.39, 0.29) is 24.1 Å². The topological polar surface area (TPSA) is 68.4 Å². The third-order valence-corrected chi connectivity index (χ3v) is 5.41. The number of hydrogen-bond donors (Lipinski definition) is 1. The predicted molar refractivity (Wildman–Crippen MR) is 119 cm³/mol. The van der Waals surface area contributed by atoms with E-state index in [2.05, 4.69) is 22.5 Å². The average molecular weight is 402 g/mol. The van der Waals surface area contributed by atoms with Crippen LogP contribution in [0.2, 0.25) is 0 Å². The zero-order valence-electron chi connectivity index (χ0n) is 17.6. The van der Waals surface area contributed by atoms with E-state index in [4.69, 9.17) is 0 Å². The molecule has 0 aliphatic rings. The Kier molecular flexibility index (Phi) is 5.40. The normalized spacial score (nSPS) is 12.4. The van der Waals surface area contributed by atoms with Gasteiger partial charge >= 0.3 is 0 Å². The molecule has 6 nitrogen and oxygen atoms in total. The Morgan fingerprint density at radius 3 is 2.60 bits per heavy atom. The fraction of sp³-hybridized carbons (Fsp3) is 0.292. The van der Waals surface area contributed by atoms with Gasteiger partial charge in [0.15, 0.2) is 0 Å². The number of nitrogens with zero attached hydrogens (tertiary/aromatic N) is 3. The summed E-state index contributed by atoms with van der Waals surface area (Å²) in [5.74, 6) is 0.467. The Morgan fingerprint density at radius 2 is 1.83 bits per heavy atom. The summed E-state index contributed by atoms with van der Waals surface area (Å²) < 4.78 is 3.11. The van der Waals surface area contributed by atoms with Gasteiger partial charge in [-0.05, 0) is 57.4 Å². The second kappa shape index (κ2) is 8.14. The first-order valence-corrected chi connectivity index (χ1v) is 10.2. The van der Waals surface area contributed by atoms with Crippen LogP contribution in [0.15, 0.2) is 59.4 Å². The fourth-order valence-electron chi connectivity index (χ4n) is 3.90. The van der Waals surface area contributed by atoms with Gasteiger partial charge in [0.2, 0.25) is 5.91 Å². The van der Waals surface area contributed by atoms with Crippen molar-refractivity contribution < 1.29 is 4.79 Å². The van der Waals surface area contributed by atoms with Crippen molar-refractivity contribution in [2.45, 2.75) is 46.2 Å². The summed E-state index contributed by atoms with van der Waals surface area (Å²) in [6, 6.07) is 18.1. The molecule has 1 atom stereocenters. The summed E-state index contributed by atoms with van der Waals surface area (Å²) in [6.07, 6.45) is 1.72. The van der Waals surface area contributed by atoms with Gasteiger partial charge < -0.3 is 5.32 Å². The van der Waals surface area contributed by atoms with E-state index in [0.717, 1.165) is 29.3 Å². The molecule has 0 radical (unpaired) electrons. The molecule has 0 bridgehead atoms. The van der Waals surface area contributed by atoms with Gasteiger partial charge in [0.1, 0.15) is 17.9 Å². The molecule has 4 rings (SSSR count). The maximum absolute atomic E-state index is 13.0. The fourth-order valence-corrected chi connectivity index (χ4v) is 3.90. The number of rotatable bonds is 6. The number of carbonyl (C=O) groups excluding carboxylic acids is 1. The maximum Gasteiger partial charge on any atom is 0.291 e. The molecule has 6 heteroatoms. The standard InChI is InChI=1S/C24H26N4O2/c1-16-9-12-21-20(13-16)14-22-24(30)27(26-18(3)28(21)22)15-23(29)25-17(2)10-11-19-7-5-4-6-8-19/h4-9,12-14,17H,10-11,15H2,1-3H3,(H,25,29). The highest BCUT2D eigenvalue weighted by Crippen LogP contribution is 2.20. The van der Waals surface area contributed by atoms with Gasteiger partial charge in [-0.25, -0.2) is 4.68 Å². The number of aromatic nitrogens is 3. The number of benzene rings is 2. The molecule has 1 amide bonds. The van der Waals surface area contributed by atoms with Crippen molar-refractivity contribution in [1.82, 2.24) is 19.5 Å². The number of amides is 1. The van der Waals surface area contributed by atoms with E-state index in [1.54, 1.807) is 0 Å². The molecular formula is C24H26N4O2. The highest BCUT2D eigenvalue weighted by Gasteiger charge is 2.15. The number of carbonyl (C=O) groups is 1. The molecule has 0 aliphatic heterocycles. The van der Waals surface area contributed by atoms with Crippen LogP contribution >= 0.6 is 0 Å². The van der Waals surface area contributed by atoms with E-state index < -0.39 is 0 Å².